The van der Waals surface area contributed by atoms with E-state index in [0.29, 0.717) is 30.1 Å². The Morgan fingerprint density at radius 3 is 2.57 bits per heavy atom. The molecule has 1 aromatic heterocycles. The summed E-state index contributed by atoms with van der Waals surface area (Å²) >= 11 is 1.43. The number of halogens is 1. The van der Waals surface area contributed by atoms with Crippen LogP contribution < -0.4 is 0 Å². The van der Waals surface area contributed by atoms with E-state index in [0.717, 1.165) is 16.3 Å². The van der Waals surface area contributed by atoms with Crippen LogP contribution in [0.4, 0.5) is 4.39 Å². The minimum atomic E-state index is -0.228. The van der Waals surface area contributed by atoms with Gasteiger partial charge >= 0.3 is 0 Å². The second kappa shape index (κ2) is 7.81. The van der Waals surface area contributed by atoms with Gasteiger partial charge in [0.1, 0.15) is 15.7 Å². The third-order valence-corrected chi connectivity index (χ3v) is 6.41. The minimum absolute atomic E-state index is 0.0216. The fourth-order valence-corrected chi connectivity index (χ4v) is 4.62. The fraction of sp³-hybridized carbons (Fsp3) is 0.273. The Bertz CT molecular complexity index is 988. The highest BCUT2D eigenvalue weighted by atomic mass is 32.1. The molecule has 0 bridgehead atoms. The summed E-state index contributed by atoms with van der Waals surface area (Å²) in [5.74, 6) is -0.249. The van der Waals surface area contributed by atoms with Gasteiger partial charge in [-0.1, -0.05) is 48.5 Å². The molecule has 1 atom stereocenters. The van der Waals surface area contributed by atoms with E-state index in [4.69, 9.17) is 0 Å². The van der Waals surface area contributed by atoms with Gasteiger partial charge in [-0.05, 0) is 20.0 Å². The first-order valence-corrected chi connectivity index (χ1v) is 10.1. The van der Waals surface area contributed by atoms with E-state index in [1.54, 1.807) is 12.1 Å². The highest BCUT2D eigenvalue weighted by Gasteiger charge is 2.32. The SMILES string of the molecule is Cc1nc(-c2ccccc2)sc1C(=O)N1CCN(C)C(c2ccccc2F)C1. The smallest absolute Gasteiger partial charge is 0.265 e. The zero-order chi connectivity index (χ0) is 19.7. The molecule has 1 amide bonds. The summed E-state index contributed by atoms with van der Waals surface area (Å²) in [6.45, 7) is 3.67. The first-order valence-electron chi connectivity index (χ1n) is 9.31. The van der Waals surface area contributed by atoms with Gasteiger partial charge in [0.15, 0.2) is 0 Å². The van der Waals surface area contributed by atoms with Crippen LogP contribution in [0.3, 0.4) is 0 Å². The van der Waals surface area contributed by atoms with Crippen molar-refractivity contribution in [3.05, 3.63) is 76.5 Å². The van der Waals surface area contributed by atoms with E-state index in [2.05, 4.69) is 9.88 Å². The highest BCUT2D eigenvalue weighted by Crippen LogP contribution is 2.31. The lowest BCUT2D eigenvalue weighted by Gasteiger charge is -2.39. The maximum absolute atomic E-state index is 14.3. The van der Waals surface area contributed by atoms with E-state index < -0.39 is 0 Å². The first kappa shape index (κ1) is 18.8. The van der Waals surface area contributed by atoms with Gasteiger partial charge < -0.3 is 4.90 Å². The summed E-state index contributed by atoms with van der Waals surface area (Å²) in [6, 6.07) is 16.5. The monoisotopic (exact) mass is 395 g/mol. The molecule has 0 radical (unpaired) electrons. The Balaban J connectivity index is 1.59. The van der Waals surface area contributed by atoms with E-state index >= 15 is 0 Å². The van der Waals surface area contributed by atoms with Gasteiger partial charge in [0, 0.05) is 30.8 Å². The summed E-state index contributed by atoms with van der Waals surface area (Å²) in [4.78, 5) is 22.4. The van der Waals surface area contributed by atoms with Crippen molar-refractivity contribution in [2.45, 2.75) is 13.0 Å². The molecule has 1 unspecified atom stereocenters. The van der Waals surface area contributed by atoms with Gasteiger partial charge in [0.05, 0.1) is 11.7 Å². The molecule has 2 heterocycles. The number of aryl methyl sites for hydroxylation is 1. The maximum atomic E-state index is 14.3. The average molecular weight is 396 g/mol. The van der Waals surface area contributed by atoms with Crippen LogP contribution in [0.1, 0.15) is 27.0 Å². The van der Waals surface area contributed by atoms with E-state index in [1.165, 1.54) is 17.4 Å². The molecule has 4 nitrogen and oxygen atoms in total. The number of nitrogens with zero attached hydrogens (tertiary/aromatic N) is 3. The quantitative estimate of drug-likeness (QED) is 0.660. The number of benzene rings is 2. The lowest BCUT2D eigenvalue weighted by atomic mass is 10.0. The third kappa shape index (κ3) is 3.57. The molecule has 0 N–H and O–H groups in total. The second-order valence-electron chi connectivity index (χ2n) is 7.07. The molecule has 0 aliphatic carbocycles. The molecule has 3 aromatic rings. The lowest BCUT2D eigenvalue weighted by Crippen LogP contribution is -2.49. The Labute approximate surface area is 168 Å². The van der Waals surface area contributed by atoms with E-state index in [-0.39, 0.29) is 17.8 Å². The number of likely N-dealkylation sites (N-methyl/N-ethyl adjacent to an activating group) is 1. The van der Waals surface area contributed by atoms with Gasteiger partial charge in [-0.3, -0.25) is 9.69 Å². The molecule has 1 fully saturated rings. The second-order valence-corrected chi connectivity index (χ2v) is 8.07. The predicted molar refractivity (Wildman–Crippen MR) is 110 cm³/mol. The van der Waals surface area contributed by atoms with Crippen LogP contribution in [0, 0.1) is 12.7 Å². The third-order valence-electron chi connectivity index (χ3n) is 5.21. The molecule has 0 spiro atoms. The summed E-state index contributed by atoms with van der Waals surface area (Å²) in [5, 5.41) is 0.848. The lowest BCUT2D eigenvalue weighted by molar-refractivity contribution is 0.0544. The number of rotatable bonds is 3. The van der Waals surface area contributed by atoms with Crippen molar-refractivity contribution in [3.8, 4) is 10.6 Å². The number of carbonyl (C=O) groups excluding carboxylic acids is 1. The average Bonchev–Trinajstić information content (AvgIpc) is 3.11. The van der Waals surface area contributed by atoms with Crippen molar-refractivity contribution < 1.29 is 9.18 Å². The van der Waals surface area contributed by atoms with Crippen LogP contribution >= 0.6 is 11.3 Å². The maximum Gasteiger partial charge on any atom is 0.265 e. The Morgan fingerprint density at radius 1 is 1.11 bits per heavy atom. The molecule has 4 rings (SSSR count). The van der Waals surface area contributed by atoms with Crippen LogP contribution in [0.25, 0.3) is 10.6 Å². The summed E-state index contributed by atoms with van der Waals surface area (Å²) in [7, 11) is 1.98. The molecule has 28 heavy (non-hydrogen) atoms. The molecule has 144 valence electrons. The summed E-state index contributed by atoms with van der Waals surface area (Å²) < 4.78 is 14.3. The predicted octanol–water partition coefficient (Wildman–Crippen LogP) is 4.39. The number of hydrogen-bond donors (Lipinski definition) is 0. The van der Waals surface area contributed by atoms with Crippen molar-refractivity contribution in [1.82, 2.24) is 14.8 Å². The number of carbonyl (C=O) groups is 1. The van der Waals surface area contributed by atoms with Crippen LogP contribution in [-0.2, 0) is 0 Å². The molecular formula is C22H22FN3OS. The van der Waals surface area contributed by atoms with Gasteiger partial charge in [0.2, 0.25) is 0 Å². The Morgan fingerprint density at radius 2 is 1.82 bits per heavy atom. The number of thiazole rings is 1. The molecule has 1 saturated heterocycles. The van der Waals surface area contributed by atoms with Gasteiger partial charge in [-0.15, -0.1) is 11.3 Å². The van der Waals surface area contributed by atoms with Crippen molar-refractivity contribution in [3.63, 3.8) is 0 Å². The number of amides is 1. The molecule has 6 heteroatoms. The number of hydrogen-bond acceptors (Lipinski definition) is 4. The largest absolute Gasteiger partial charge is 0.335 e. The van der Waals surface area contributed by atoms with E-state index in [1.807, 2.05) is 55.3 Å². The van der Waals surface area contributed by atoms with Crippen molar-refractivity contribution >= 4 is 17.2 Å². The first-order chi connectivity index (χ1) is 13.5. The molecule has 1 aliphatic heterocycles. The Kier molecular flexibility index (Phi) is 5.24. The standard InChI is InChI=1S/C22H22FN3OS/c1-15-20(28-21(24-15)16-8-4-3-5-9-16)22(27)26-13-12-25(2)19(14-26)17-10-6-7-11-18(17)23/h3-11,19H,12-14H2,1-2H3. The molecule has 0 saturated carbocycles. The summed E-state index contributed by atoms with van der Waals surface area (Å²) in [5.41, 5.74) is 2.39. The zero-order valence-electron chi connectivity index (χ0n) is 15.9. The van der Waals surface area contributed by atoms with Gasteiger partial charge in [0.25, 0.3) is 5.91 Å². The molecule has 2 aromatic carbocycles. The topological polar surface area (TPSA) is 36.4 Å². The van der Waals surface area contributed by atoms with Crippen LogP contribution in [0.5, 0.6) is 0 Å². The number of piperazine rings is 1. The van der Waals surface area contributed by atoms with Crippen LogP contribution in [0.2, 0.25) is 0 Å². The number of aromatic nitrogens is 1. The summed E-state index contributed by atoms with van der Waals surface area (Å²) in [6.07, 6.45) is 0. The Hall–Kier alpha value is -2.57. The highest BCUT2D eigenvalue weighted by molar-refractivity contribution is 7.17. The normalized spacial score (nSPS) is 17.7. The van der Waals surface area contributed by atoms with E-state index in [9.17, 15) is 9.18 Å². The fourth-order valence-electron chi connectivity index (χ4n) is 3.58. The molecular weight excluding hydrogens is 373 g/mol. The minimum Gasteiger partial charge on any atom is -0.335 e. The van der Waals surface area contributed by atoms with Crippen LogP contribution in [0.15, 0.2) is 54.6 Å². The molecule has 1 aliphatic rings. The van der Waals surface area contributed by atoms with Crippen molar-refractivity contribution in [2.24, 2.45) is 0 Å². The van der Waals surface area contributed by atoms with Crippen LogP contribution in [-0.4, -0.2) is 47.4 Å². The van der Waals surface area contributed by atoms with Crippen molar-refractivity contribution in [2.75, 3.05) is 26.7 Å². The van der Waals surface area contributed by atoms with Gasteiger partial charge in [-0.2, -0.15) is 0 Å². The van der Waals surface area contributed by atoms with Crippen molar-refractivity contribution in [1.29, 1.82) is 0 Å². The zero-order valence-corrected chi connectivity index (χ0v) is 16.7. The van der Waals surface area contributed by atoms with Gasteiger partial charge in [-0.25, -0.2) is 9.37 Å².